The molecule has 2 aliphatic rings. The predicted molar refractivity (Wildman–Crippen MR) is 87.1 cm³/mol. The summed E-state index contributed by atoms with van der Waals surface area (Å²) in [4.78, 5) is 11.9. The molecule has 1 aromatic heterocycles. The third-order valence-electron chi connectivity index (χ3n) is 4.54. The third-order valence-corrected chi connectivity index (χ3v) is 6.42. The van der Waals surface area contributed by atoms with E-state index >= 15 is 0 Å². The van der Waals surface area contributed by atoms with Crippen molar-refractivity contribution in [2.45, 2.75) is 43.7 Å². The summed E-state index contributed by atoms with van der Waals surface area (Å²) < 4.78 is 31.9. The van der Waals surface area contributed by atoms with Gasteiger partial charge < -0.3 is 10.1 Å². The van der Waals surface area contributed by atoms with Crippen LogP contribution in [0.3, 0.4) is 0 Å². The van der Waals surface area contributed by atoms with E-state index < -0.39 is 16.0 Å². The zero-order chi connectivity index (χ0) is 17.2. The first kappa shape index (κ1) is 17.4. The molecule has 0 spiro atoms. The maximum absolute atomic E-state index is 12.8. The fourth-order valence-corrected chi connectivity index (χ4v) is 4.44. The van der Waals surface area contributed by atoms with Crippen LogP contribution < -0.4 is 5.32 Å². The molecule has 24 heavy (non-hydrogen) atoms. The van der Waals surface area contributed by atoms with Crippen molar-refractivity contribution in [1.29, 1.82) is 0 Å². The molecule has 8 nitrogen and oxygen atoms in total. The highest BCUT2D eigenvalue weighted by Gasteiger charge is 2.34. The number of nitrogens with zero attached hydrogens (tertiary/aromatic N) is 2. The molecule has 0 radical (unpaired) electrons. The smallest absolute Gasteiger partial charge is 0.342 e. The van der Waals surface area contributed by atoms with Crippen LogP contribution in [0, 0.1) is 5.92 Å². The van der Waals surface area contributed by atoms with Crippen LogP contribution in [0.5, 0.6) is 0 Å². The molecule has 2 N–H and O–H groups in total. The van der Waals surface area contributed by atoms with E-state index in [0.29, 0.717) is 19.1 Å². The molecular formula is C15H24N4O4S. The van der Waals surface area contributed by atoms with Crippen LogP contribution in [0.15, 0.2) is 11.2 Å². The van der Waals surface area contributed by atoms with Crippen LogP contribution in [0.4, 0.5) is 0 Å². The Labute approximate surface area is 142 Å². The summed E-state index contributed by atoms with van der Waals surface area (Å²) in [6.45, 7) is 3.76. The minimum absolute atomic E-state index is 0.0363. The first-order chi connectivity index (χ1) is 11.5. The molecule has 0 unspecified atom stereocenters. The molecule has 0 atom stereocenters. The Morgan fingerprint density at radius 1 is 1.38 bits per heavy atom. The summed E-state index contributed by atoms with van der Waals surface area (Å²) in [6.07, 6.45) is 5.35. The number of aromatic nitrogens is 2. The molecule has 1 saturated carbocycles. The number of carbonyl (C=O) groups is 1. The average molecular weight is 356 g/mol. The lowest BCUT2D eigenvalue weighted by atomic mass is 10.1. The van der Waals surface area contributed by atoms with Crippen molar-refractivity contribution in [1.82, 2.24) is 19.8 Å². The number of hydrogen-bond acceptors (Lipinski definition) is 6. The molecule has 1 aliphatic carbocycles. The predicted octanol–water partition coefficient (Wildman–Crippen LogP) is 0.739. The molecule has 134 valence electrons. The minimum Gasteiger partial charge on any atom is -0.462 e. The SMILES string of the molecule is CCOC(=O)c1cn[nH]c1S(=O)(=O)N1CCC(NCC2CC2)CC1. The summed E-state index contributed by atoms with van der Waals surface area (Å²) in [5.41, 5.74) is -0.0363. The van der Waals surface area contributed by atoms with Crippen molar-refractivity contribution in [3.8, 4) is 0 Å². The van der Waals surface area contributed by atoms with E-state index in [1.54, 1.807) is 6.92 Å². The molecule has 0 bridgehead atoms. The topological polar surface area (TPSA) is 104 Å². The van der Waals surface area contributed by atoms with Gasteiger partial charge in [-0.1, -0.05) is 0 Å². The number of sulfonamides is 1. The van der Waals surface area contributed by atoms with E-state index in [0.717, 1.165) is 25.3 Å². The lowest BCUT2D eigenvalue weighted by Gasteiger charge is -2.31. The van der Waals surface area contributed by atoms with E-state index in [4.69, 9.17) is 4.74 Å². The Hall–Kier alpha value is -1.45. The molecular weight excluding hydrogens is 332 g/mol. The maximum Gasteiger partial charge on any atom is 0.342 e. The summed E-state index contributed by atoms with van der Waals surface area (Å²) in [5, 5.41) is 9.50. The summed E-state index contributed by atoms with van der Waals surface area (Å²) in [5.74, 6) is 0.134. The molecule has 1 aromatic rings. The Morgan fingerprint density at radius 3 is 2.71 bits per heavy atom. The van der Waals surface area contributed by atoms with Gasteiger partial charge in [0.15, 0.2) is 5.03 Å². The van der Waals surface area contributed by atoms with Gasteiger partial charge in [-0.15, -0.1) is 0 Å². The van der Waals surface area contributed by atoms with Crippen molar-refractivity contribution in [3.05, 3.63) is 11.8 Å². The van der Waals surface area contributed by atoms with Crippen molar-refractivity contribution < 1.29 is 17.9 Å². The zero-order valence-corrected chi connectivity index (χ0v) is 14.6. The normalized spacial score (nSPS) is 20.2. The number of carbonyl (C=O) groups excluding carboxylic acids is 1. The Morgan fingerprint density at radius 2 is 2.08 bits per heavy atom. The van der Waals surface area contributed by atoms with Gasteiger partial charge in [0.05, 0.1) is 12.8 Å². The van der Waals surface area contributed by atoms with Gasteiger partial charge in [0.1, 0.15) is 5.56 Å². The summed E-state index contributed by atoms with van der Waals surface area (Å²) in [6, 6.07) is 0.364. The van der Waals surface area contributed by atoms with Gasteiger partial charge in [0, 0.05) is 19.1 Å². The minimum atomic E-state index is -3.77. The molecule has 3 rings (SSSR count). The molecule has 0 aromatic carbocycles. The molecule has 9 heteroatoms. The van der Waals surface area contributed by atoms with Gasteiger partial charge in [0.25, 0.3) is 10.0 Å². The van der Waals surface area contributed by atoms with E-state index in [9.17, 15) is 13.2 Å². The lowest BCUT2D eigenvalue weighted by molar-refractivity contribution is 0.0521. The number of rotatable bonds is 7. The van der Waals surface area contributed by atoms with E-state index in [-0.39, 0.29) is 17.2 Å². The zero-order valence-electron chi connectivity index (χ0n) is 13.8. The monoisotopic (exact) mass is 356 g/mol. The highest BCUT2D eigenvalue weighted by molar-refractivity contribution is 7.89. The van der Waals surface area contributed by atoms with Crippen molar-refractivity contribution >= 4 is 16.0 Å². The van der Waals surface area contributed by atoms with Crippen molar-refractivity contribution in [2.75, 3.05) is 26.2 Å². The van der Waals surface area contributed by atoms with Gasteiger partial charge in [0.2, 0.25) is 0 Å². The first-order valence-electron chi connectivity index (χ1n) is 8.46. The number of H-pyrrole nitrogens is 1. The van der Waals surface area contributed by atoms with E-state index in [2.05, 4.69) is 15.5 Å². The quantitative estimate of drug-likeness (QED) is 0.698. The first-order valence-corrected chi connectivity index (χ1v) is 9.90. The molecule has 1 aliphatic heterocycles. The summed E-state index contributed by atoms with van der Waals surface area (Å²) in [7, 11) is -3.77. The molecule has 1 saturated heterocycles. The molecule has 2 heterocycles. The number of esters is 1. The highest BCUT2D eigenvalue weighted by atomic mass is 32.2. The van der Waals surface area contributed by atoms with Crippen LogP contribution in [0.2, 0.25) is 0 Å². The van der Waals surface area contributed by atoms with E-state index in [1.165, 1.54) is 23.3 Å². The largest absolute Gasteiger partial charge is 0.462 e. The Kier molecular flexibility index (Phi) is 5.21. The van der Waals surface area contributed by atoms with Crippen LogP contribution in [0.1, 0.15) is 43.0 Å². The Bertz CT molecular complexity index is 675. The molecule has 0 amide bonds. The lowest BCUT2D eigenvalue weighted by Crippen LogP contribution is -2.45. The second-order valence-electron chi connectivity index (χ2n) is 6.36. The standard InChI is InChI=1S/C15H24N4O4S/c1-2-23-15(20)13-10-17-18-14(13)24(21,22)19-7-5-12(6-8-19)16-9-11-3-4-11/h10-12,16H,2-9H2,1H3,(H,17,18). The second-order valence-corrected chi connectivity index (χ2v) is 8.24. The summed E-state index contributed by atoms with van der Waals surface area (Å²) >= 11 is 0. The van der Waals surface area contributed by atoms with Gasteiger partial charge in [-0.2, -0.15) is 9.40 Å². The number of aromatic amines is 1. The van der Waals surface area contributed by atoms with E-state index in [1.807, 2.05) is 0 Å². The number of nitrogens with one attached hydrogen (secondary N) is 2. The maximum atomic E-state index is 12.8. The van der Waals surface area contributed by atoms with Gasteiger partial charge >= 0.3 is 5.97 Å². The van der Waals surface area contributed by atoms with Gasteiger partial charge in [-0.3, -0.25) is 5.10 Å². The fraction of sp³-hybridized carbons (Fsp3) is 0.733. The number of piperidine rings is 1. The average Bonchev–Trinajstić information content (AvgIpc) is 3.26. The number of ether oxygens (including phenoxy) is 1. The van der Waals surface area contributed by atoms with Crippen LogP contribution in [-0.4, -0.2) is 61.2 Å². The Balaban J connectivity index is 1.64. The fourth-order valence-electron chi connectivity index (χ4n) is 2.91. The van der Waals surface area contributed by atoms with Crippen LogP contribution in [0.25, 0.3) is 0 Å². The number of hydrogen-bond donors (Lipinski definition) is 2. The van der Waals surface area contributed by atoms with Crippen molar-refractivity contribution in [2.24, 2.45) is 5.92 Å². The second kappa shape index (κ2) is 7.20. The van der Waals surface area contributed by atoms with Crippen molar-refractivity contribution in [3.63, 3.8) is 0 Å². The molecule has 2 fully saturated rings. The van der Waals surface area contributed by atoms with Crippen LogP contribution in [-0.2, 0) is 14.8 Å². The van der Waals surface area contributed by atoms with Gasteiger partial charge in [-0.25, -0.2) is 13.2 Å². The third kappa shape index (κ3) is 3.79. The van der Waals surface area contributed by atoms with Crippen LogP contribution >= 0.6 is 0 Å². The van der Waals surface area contributed by atoms with Gasteiger partial charge in [-0.05, 0) is 45.1 Å². The highest BCUT2D eigenvalue weighted by Crippen LogP contribution is 2.28.